The van der Waals surface area contributed by atoms with Crippen LogP contribution in [0, 0.1) is 23.4 Å². The SMILES string of the molecule is CCCc1cc2c(c(F)c1F)Oc1c(ccc(OC(=O)C3CCC(CCC)CO3)c1F)C2. The summed E-state index contributed by atoms with van der Waals surface area (Å²) in [6, 6.07) is 4.50. The molecule has 2 aliphatic heterocycles. The molecule has 2 aliphatic rings. The summed E-state index contributed by atoms with van der Waals surface area (Å²) in [5, 5.41) is 0. The molecule has 2 heterocycles. The van der Waals surface area contributed by atoms with Crippen molar-refractivity contribution in [1.82, 2.24) is 0 Å². The molecule has 172 valence electrons. The van der Waals surface area contributed by atoms with E-state index < -0.39 is 29.5 Å². The Morgan fingerprint density at radius 3 is 2.50 bits per heavy atom. The Bertz CT molecular complexity index is 1010. The molecule has 4 rings (SSSR count). The predicted molar refractivity (Wildman–Crippen MR) is 113 cm³/mol. The van der Waals surface area contributed by atoms with Gasteiger partial charge in [-0.25, -0.2) is 9.18 Å². The molecule has 4 nitrogen and oxygen atoms in total. The molecule has 7 heteroatoms. The molecule has 0 spiro atoms. The molecular weight excluding hydrogens is 421 g/mol. The van der Waals surface area contributed by atoms with Crippen LogP contribution in [0.25, 0.3) is 0 Å². The van der Waals surface area contributed by atoms with Gasteiger partial charge >= 0.3 is 5.97 Å². The molecule has 2 atom stereocenters. The van der Waals surface area contributed by atoms with Crippen molar-refractivity contribution >= 4 is 5.97 Å². The zero-order valence-electron chi connectivity index (χ0n) is 18.3. The highest BCUT2D eigenvalue weighted by Gasteiger charge is 2.32. The Morgan fingerprint density at radius 1 is 1.03 bits per heavy atom. The highest BCUT2D eigenvalue weighted by Crippen LogP contribution is 2.43. The maximum atomic E-state index is 15.1. The van der Waals surface area contributed by atoms with Crippen LogP contribution >= 0.6 is 0 Å². The lowest BCUT2D eigenvalue weighted by Crippen LogP contribution is -2.35. The second-order valence-electron chi connectivity index (χ2n) is 8.52. The number of fused-ring (bicyclic) bond motifs is 2. The zero-order valence-corrected chi connectivity index (χ0v) is 18.3. The van der Waals surface area contributed by atoms with Crippen molar-refractivity contribution in [2.24, 2.45) is 5.92 Å². The lowest BCUT2D eigenvalue weighted by Gasteiger charge is -2.27. The van der Waals surface area contributed by atoms with Crippen molar-refractivity contribution in [3.8, 4) is 17.2 Å². The first-order valence-corrected chi connectivity index (χ1v) is 11.2. The monoisotopic (exact) mass is 448 g/mol. The van der Waals surface area contributed by atoms with E-state index in [1.54, 1.807) is 12.1 Å². The minimum atomic E-state index is -1.13. The van der Waals surface area contributed by atoms with E-state index in [0.29, 0.717) is 42.9 Å². The van der Waals surface area contributed by atoms with Crippen molar-refractivity contribution in [2.45, 2.75) is 64.9 Å². The maximum absolute atomic E-state index is 15.1. The third-order valence-corrected chi connectivity index (χ3v) is 6.10. The van der Waals surface area contributed by atoms with E-state index in [1.807, 2.05) is 6.92 Å². The number of hydrogen-bond acceptors (Lipinski definition) is 4. The van der Waals surface area contributed by atoms with Crippen LogP contribution in [0.4, 0.5) is 13.2 Å². The van der Waals surface area contributed by atoms with Crippen molar-refractivity contribution in [1.29, 1.82) is 0 Å². The van der Waals surface area contributed by atoms with Gasteiger partial charge in [-0.05, 0) is 49.3 Å². The summed E-state index contributed by atoms with van der Waals surface area (Å²) in [4.78, 5) is 12.5. The summed E-state index contributed by atoms with van der Waals surface area (Å²) in [6.07, 6.45) is 3.97. The van der Waals surface area contributed by atoms with Crippen molar-refractivity contribution in [3.05, 3.63) is 52.3 Å². The van der Waals surface area contributed by atoms with E-state index >= 15 is 4.39 Å². The number of carbonyl (C=O) groups is 1. The average Bonchev–Trinajstić information content (AvgIpc) is 2.79. The Balaban J connectivity index is 1.52. The normalized spacial score (nSPS) is 19.7. The fourth-order valence-corrected chi connectivity index (χ4v) is 4.43. The molecule has 2 aromatic rings. The van der Waals surface area contributed by atoms with Gasteiger partial charge in [0, 0.05) is 17.5 Å². The molecule has 0 bridgehead atoms. The molecule has 0 aliphatic carbocycles. The first kappa shape index (κ1) is 22.6. The van der Waals surface area contributed by atoms with Gasteiger partial charge in [-0.2, -0.15) is 8.78 Å². The molecule has 0 saturated carbocycles. The molecule has 0 aromatic heterocycles. The number of rotatable bonds is 6. The van der Waals surface area contributed by atoms with Crippen LogP contribution in [0.15, 0.2) is 18.2 Å². The summed E-state index contributed by atoms with van der Waals surface area (Å²) in [5.74, 6) is -4.17. The van der Waals surface area contributed by atoms with Crippen molar-refractivity contribution < 1.29 is 32.2 Å². The van der Waals surface area contributed by atoms with Crippen LogP contribution in [0.5, 0.6) is 17.2 Å². The van der Waals surface area contributed by atoms with Crippen LogP contribution in [-0.2, 0) is 22.4 Å². The number of ether oxygens (including phenoxy) is 3. The van der Waals surface area contributed by atoms with Crippen LogP contribution in [0.2, 0.25) is 0 Å². The summed E-state index contributed by atoms with van der Waals surface area (Å²) in [7, 11) is 0. The number of carbonyl (C=O) groups excluding carboxylic acids is 1. The molecule has 1 saturated heterocycles. The fourth-order valence-electron chi connectivity index (χ4n) is 4.43. The highest BCUT2D eigenvalue weighted by molar-refractivity contribution is 5.77. The second kappa shape index (κ2) is 9.53. The highest BCUT2D eigenvalue weighted by atomic mass is 19.2. The minimum absolute atomic E-state index is 0.189. The molecule has 2 aromatic carbocycles. The van der Waals surface area contributed by atoms with Gasteiger partial charge < -0.3 is 14.2 Å². The lowest BCUT2D eigenvalue weighted by atomic mass is 9.94. The number of aryl methyl sites for hydroxylation is 1. The smallest absolute Gasteiger partial charge is 0.340 e. The van der Waals surface area contributed by atoms with Crippen molar-refractivity contribution in [2.75, 3.05) is 6.61 Å². The van der Waals surface area contributed by atoms with E-state index in [9.17, 15) is 13.6 Å². The molecule has 1 fully saturated rings. The minimum Gasteiger partial charge on any atom is -0.450 e. The number of benzene rings is 2. The van der Waals surface area contributed by atoms with Crippen LogP contribution in [-0.4, -0.2) is 18.7 Å². The van der Waals surface area contributed by atoms with Crippen LogP contribution in [0.3, 0.4) is 0 Å². The summed E-state index contributed by atoms with van der Waals surface area (Å²) >= 11 is 0. The Kier molecular flexibility index (Phi) is 6.74. The average molecular weight is 448 g/mol. The second-order valence-corrected chi connectivity index (χ2v) is 8.52. The van der Waals surface area contributed by atoms with Crippen molar-refractivity contribution in [3.63, 3.8) is 0 Å². The Morgan fingerprint density at radius 2 is 1.81 bits per heavy atom. The largest absolute Gasteiger partial charge is 0.450 e. The van der Waals surface area contributed by atoms with Gasteiger partial charge in [0.25, 0.3) is 0 Å². The van der Waals surface area contributed by atoms with Crippen LogP contribution in [0.1, 0.15) is 62.6 Å². The third-order valence-electron chi connectivity index (χ3n) is 6.10. The van der Waals surface area contributed by atoms with E-state index in [-0.39, 0.29) is 29.2 Å². The fraction of sp³-hybridized carbons (Fsp3) is 0.480. The Labute approximate surface area is 185 Å². The van der Waals surface area contributed by atoms with Gasteiger partial charge in [0.1, 0.15) is 0 Å². The molecule has 0 amide bonds. The quantitative estimate of drug-likeness (QED) is 0.330. The van der Waals surface area contributed by atoms with E-state index in [0.717, 1.165) is 19.3 Å². The third kappa shape index (κ3) is 4.35. The topological polar surface area (TPSA) is 44.8 Å². The van der Waals surface area contributed by atoms with Gasteiger partial charge in [0.05, 0.1) is 6.61 Å². The van der Waals surface area contributed by atoms with Gasteiger partial charge in [0.2, 0.25) is 11.6 Å². The molecule has 2 unspecified atom stereocenters. The summed E-state index contributed by atoms with van der Waals surface area (Å²) in [5.41, 5.74) is 1.20. The first-order valence-electron chi connectivity index (χ1n) is 11.2. The van der Waals surface area contributed by atoms with Gasteiger partial charge in [-0.15, -0.1) is 0 Å². The molecule has 32 heavy (non-hydrogen) atoms. The predicted octanol–water partition coefficient (Wildman–Crippen LogP) is 6.25. The van der Waals surface area contributed by atoms with E-state index in [2.05, 4.69) is 6.92 Å². The first-order chi connectivity index (χ1) is 15.4. The number of hydrogen-bond donors (Lipinski definition) is 0. The molecular formula is C25H27F3O4. The van der Waals surface area contributed by atoms with Gasteiger partial charge in [-0.1, -0.05) is 32.8 Å². The molecule has 0 N–H and O–H groups in total. The number of esters is 1. The Hall–Kier alpha value is -2.54. The number of halogens is 3. The van der Waals surface area contributed by atoms with Crippen LogP contribution < -0.4 is 9.47 Å². The van der Waals surface area contributed by atoms with E-state index in [4.69, 9.17) is 14.2 Å². The van der Waals surface area contributed by atoms with Gasteiger partial charge in [0.15, 0.2) is 29.2 Å². The molecule has 0 radical (unpaired) electrons. The summed E-state index contributed by atoms with van der Waals surface area (Å²) in [6.45, 7) is 4.46. The summed E-state index contributed by atoms with van der Waals surface area (Å²) < 4.78 is 60.4. The standard InChI is InChI=1S/C25H27F3O4/c1-3-5-14-7-9-19(30-13-14)25(29)31-18-10-8-16-12-17-11-15(6-4-2)20(26)22(28)24(17)32-23(16)21(18)27/h8,10-11,14,19H,3-7,9,12-13H2,1-2H3. The van der Waals surface area contributed by atoms with E-state index in [1.165, 1.54) is 6.07 Å². The lowest BCUT2D eigenvalue weighted by molar-refractivity contribution is -0.152. The zero-order chi connectivity index (χ0) is 22.8. The maximum Gasteiger partial charge on any atom is 0.340 e. The van der Waals surface area contributed by atoms with Gasteiger partial charge in [-0.3, -0.25) is 0 Å².